The smallest absolute Gasteiger partial charge is 0.202 e. The minimum absolute atomic E-state index is 0.102. The molecule has 0 aliphatic heterocycles. The van der Waals surface area contributed by atoms with Crippen LogP contribution in [0.15, 0.2) is 11.6 Å². The molecule has 0 saturated carbocycles. The second-order valence-corrected chi connectivity index (χ2v) is 2.35. The SMILES string of the molecule is CC/C=C(\C)C(F)(F)CC. The molecule has 0 fully saturated rings. The van der Waals surface area contributed by atoms with E-state index < -0.39 is 5.92 Å². The Bertz CT molecular complexity index is 125. The van der Waals surface area contributed by atoms with E-state index in [-0.39, 0.29) is 12.0 Å². The lowest BCUT2D eigenvalue weighted by Gasteiger charge is -2.13. The summed E-state index contributed by atoms with van der Waals surface area (Å²) in [6.45, 7) is 4.83. The molecule has 60 valence electrons. The zero-order valence-corrected chi connectivity index (χ0v) is 6.75. The molecule has 0 aromatic heterocycles. The summed E-state index contributed by atoms with van der Waals surface area (Å²) in [4.78, 5) is 0. The molecule has 0 bridgehead atoms. The van der Waals surface area contributed by atoms with Gasteiger partial charge < -0.3 is 0 Å². The highest BCUT2D eigenvalue weighted by Gasteiger charge is 2.27. The lowest BCUT2D eigenvalue weighted by atomic mass is 10.1. The molecule has 0 amide bonds. The van der Waals surface area contributed by atoms with Crippen molar-refractivity contribution in [3.63, 3.8) is 0 Å². The Kier molecular flexibility index (Phi) is 3.54. The minimum Gasteiger partial charge on any atom is -0.202 e. The van der Waals surface area contributed by atoms with Crippen molar-refractivity contribution in [2.45, 2.75) is 39.5 Å². The Balaban J connectivity index is 4.17. The molecule has 0 saturated heterocycles. The van der Waals surface area contributed by atoms with Gasteiger partial charge in [0, 0.05) is 6.42 Å². The first kappa shape index (κ1) is 9.60. The number of rotatable bonds is 3. The normalized spacial score (nSPS) is 13.9. The number of hydrogen-bond donors (Lipinski definition) is 0. The summed E-state index contributed by atoms with van der Waals surface area (Å²) in [5, 5.41) is 0. The lowest BCUT2D eigenvalue weighted by Crippen LogP contribution is -2.15. The summed E-state index contributed by atoms with van der Waals surface area (Å²) in [5.74, 6) is -2.59. The first-order valence-corrected chi connectivity index (χ1v) is 3.59. The molecule has 0 aliphatic carbocycles. The van der Waals surface area contributed by atoms with Gasteiger partial charge in [0.25, 0.3) is 5.92 Å². The number of halogens is 2. The molecule has 0 aromatic rings. The molecule has 0 N–H and O–H groups in total. The van der Waals surface area contributed by atoms with Gasteiger partial charge in [-0.3, -0.25) is 0 Å². The van der Waals surface area contributed by atoms with Crippen molar-refractivity contribution < 1.29 is 8.78 Å². The summed E-state index contributed by atoms with van der Waals surface area (Å²) >= 11 is 0. The fraction of sp³-hybridized carbons (Fsp3) is 0.750. The molecule has 0 atom stereocenters. The van der Waals surface area contributed by atoms with Gasteiger partial charge in [0.15, 0.2) is 0 Å². The maximum absolute atomic E-state index is 12.7. The van der Waals surface area contributed by atoms with Gasteiger partial charge >= 0.3 is 0 Å². The first-order chi connectivity index (χ1) is 4.54. The van der Waals surface area contributed by atoms with Crippen molar-refractivity contribution in [2.75, 3.05) is 0 Å². The van der Waals surface area contributed by atoms with Crippen molar-refractivity contribution in [2.24, 2.45) is 0 Å². The van der Waals surface area contributed by atoms with Gasteiger partial charge in [0.1, 0.15) is 0 Å². The second kappa shape index (κ2) is 3.69. The zero-order chi connectivity index (χ0) is 8.20. The van der Waals surface area contributed by atoms with Crippen LogP contribution < -0.4 is 0 Å². The van der Waals surface area contributed by atoms with Gasteiger partial charge in [-0.15, -0.1) is 0 Å². The predicted molar refractivity (Wildman–Crippen MR) is 39.3 cm³/mol. The van der Waals surface area contributed by atoms with E-state index in [0.717, 1.165) is 0 Å². The van der Waals surface area contributed by atoms with E-state index in [1.54, 1.807) is 6.08 Å². The topological polar surface area (TPSA) is 0 Å². The Morgan fingerprint density at radius 3 is 2.20 bits per heavy atom. The number of alkyl halides is 2. The molecule has 0 unspecified atom stereocenters. The summed E-state index contributed by atoms with van der Waals surface area (Å²) in [7, 11) is 0. The van der Waals surface area contributed by atoms with E-state index in [0.29, 0.717) is 6.42 Å². The van der Waals surface area contributed by atoms with Crippen molar-refractivity contribution >= 4 is 0 Å². The predicted octanol–water partition coefficient (Wildman–Crippen LogP) is 3.39. The quantitative estimate of drug-likeness (QED) is 0.538. The van der Waals surface area contributed by atoms with Gasteiger partial charge in [-0.05, 0) is 18.9 Å². The number of allylic oxidation sites excluding steroid dienone is 2. The largest absolute Gasteiger partial charge is 0.268 e. The Morgan fingerprint density at radius 2 is 1.90 bits per heavy atom. The van der Waals surface area contributed by atoms with E-state index in [1.165, 1.54) is 13.8 Å². The van der Waals surface area contributed by atoms with Crippen LogP contribution in [-0.4, -0.2) is 5.92 Å². The molecule has 0 radical (unpaired) electrons. The standard InChI is InChI=1S/C8H14F2/c1-4-6-7(3)8(9,10)5-2/h6H,4-5H2,1-3H3/b7-6+. The van der Waals surface area contributed by atoms with Crippen LogP contribution >= 0.6 is 0 Å². The second-order valence-electron chi connectivity index (χ2n) is 2.35. The lowest BCUT2D eigenvalue weighted by molar-refractivity contribution is 0.0373. The average molecular weight is 148 g/mol. The zero-order valence-electron chi connectivity index (χ0n) is 6.75. The molecule has 0 aromatic carbocycles. The summed E-state index contributed by atoms with van der Waals surface area (Å²) in [5.41, 5.74) is 0.192. The molecule has 0 spiro atoms. The minimum atomic E-state index is -2.59. The van der Waals surface area contributed by atoms with E-state index in [1.807, 2.05) is 6.92 Å². The third-order valence-electron chi connectivity index (χ3n) is 1.53. The van der Waals surface area contributed by atoms with Crippen LogP contribution in [-0.2, 0) is 0 Å². The summed E-state index contributed by atoms with van der Waals surface area (Å²) in [6, 6.07) is 0. The summed E-state index contributed by atoms with van der Waals surface area (Å²) in [6.07, 6.45) is 2.15. The van der Waals surface area contributed by atoms with Gasteiger partial charge in [0.05, 0.1) is 0 Å². The van der Waals surface area contributed by atoms with Crippen molar-refractivity contribution in [3.05, 3.63) is 11.6 Å². The molecule has 0 nitrogen and oxygen atoms in total. The Hall–Kier alpha value is -0.400. The van der Waals surface area contributed by atoms with Crippen LogP contribution in [0.5, 0.6) is 0 Å². The molecule has 10 heavy (non-hydrogen) atoms. The van der Waals surface area contributed by atoms with E-state index in [9.17, 15) is 8.78 Å². The van der Waals surface area contributed by atoms with Crippen molar-refractivity contribution in [3.8, 4) is 0 Å². The van der Waals surface area contributed by atoms with E-state index >= 15 is 0 Å². The molecule has 0 rings (SSSR count). The highest BCUT2D eigenvalue weighted by Crippen LogP contribution is 2.26. The van der Waals surface area contributed by atoms with Crippen molar-refractivity contribution in [1.82, 2.24) is 0 Å². The van der Waals surface area contributed by atoms with Gasteiger partial charge in [-0.25, -0.2) is 8.78 Å². The molecular formula is C8H14F2. The molecule has 0 heterocycles. The van der Waals surface area contributed by atoms with E-state index in [2.05, 4.69) is 0 Å². The fourth-order valence-corrected chi connectivity index (χ4v) is 0.734. The maximum Gasteiger partial charge on any atom is 0.268 e. The average Bonchev–Trinajstić information content (AvgIpc) is 1.89. The first-order valence-electron chi connectivity index (χ1n) is 3.59. The van der Waals surface area contributed by atoms with Crippen LogP contribution in [0.25, 0.3) is 0 Å². The van der Waals surface area contributed by atoms with Gasteiger partial charge in [0.2, 0.25) is 0 Å². The maximum atomic E-state index is 12.7. The summed E-state index contributed by atoms with van der Waals surface area (Å²) < 4.78 is 25.3. The molecule has 2 heteroatoms. The van der Waals surface area contributed by atoms with E-state index in [4.69, 9.17) is 0 Å². The number of hydrogen-bond acceptors (Lipinski definition) is 0. The van der Waals surface area contributed by atoms with Crippen molar-refractivity contribution in [1.29, 1.82) is 0 Å². The highest BCUT2D eigenvalue weighted by atomic mass is 19.3. The fourth-order valence-electron chi connectivity index (χ4n) is 0.734. The Morgan fingerprint density at radius 1 is 1.40 bits per heavy atom. The third-order valence-corrected chi connectivity index (χ3v) is 1.53. The third kappa shape index (κ3) is 2.46. The van der Waals surface area contributed by atoms with Crippen LogP contribution in [0.4, 0.5) is 8.78 Å². The van der Waals surface area contributed by atoms with Crippen LogP contribution in [0.2, 0.25) is 0 Å². The van der Waals surface area contributed by atoms with Crippen LogP contribution in [0.3, 0.4) is 0 Å². The molecular weight excluding hydrogens is 134 g/mol. The van der Waals surface area contributed by atoms with Gasteiger partial charge in [-0.2, -0.15) is 0 Å². The van der Waals surface area contributed by atoms with Crippen LogP contribution in [0.1, 0.15) is 33.6 Å². The van der Waals surface area contributed by atoms with Gasteiger partial charge in [-0.1, -0.05) is 19.9 Å². The molecule has 0 aliphatic rings. The highest BCUT2D eigenvalue weighted by molar-refractivity contribution is 5.08. The monoisotopic (exact) mass is 148 g/mol. The van der Waals surface area contributed by atoms with Crippen LogP contribution in [0, 0.1) is 0 Å². The Labute approximate surface area is 60.9 Å².